The molecular weight excluding hydrogens is 187 g/mol. The summed E-state index contributed by atoms with van der Waals surface area (Å²) in [5.41, 5.74) is 4.76. The van der Waals surface area contributed by atoms with Gasteiger partial charge in [0.05, 0.1) is 12.9 Å². The van der Waals surface area contributed by atoms with Gasteiger partial charge in [-0.3, -0.25) is 14.7 Å². The lowest BCUT2D eigenvalue weighted by Gasteiger charge is -2.12. The van der Waals surface area contributed by atoms with Gasteiger partial charge >= 0.3 is 7.60 Å². The van der Waals surface area contributed by atoms with Gasteiger partial charge in [0.15, 0.2) is 0 Å². The van der Waals surface area contributed by atoms with Crippen molar-refractivity contribution in [2.45, 2.75) is 6.04 Å². The molecule has 12 heavy (non-hydrogen) atoms. The van der Waals surface area contributed by atoms with Crippen molar-refractivity contribution in [1.29, 1.82) is 0 Å². The number of amides is 1. The zero-order valence-electron chi connectivity index (χ0n) is 6.17. The van der Waals surface area contributed by atoms with Crippen molar-refractivity contribution in [1.82, 2.24) is 5.32 Å². The Bertz CT molecular complexity index is 202. The van der Waals surface area contributed by atoms with Crippen LogP contribution in [-0.2, 0) is 9.36 Å². The maximum atomic E-state index is 10.4. The highest BCUT2D eigenvalue weighted by molar-refractivity contribution is 7.51. The van der Waals surface area contributed by atoms with E-state index in [9.17, 15) is 9.36 Å². The summed E-state index contributed by atoms with van der Waals surface area (Å²) in [6.07, 6.45) is -0.679. The Balaban J connectivity index is 3.90. The summed E-state index contributed by atoms with van der Waals surface area (Å²) in [5.74, 6) is -0.856. The Labute approximate surface area is 68.7 Å². The van der Waals surface area contributed by atoms with E-state index in [4.69, 9.17) is 20.6 Å². The average molecular weight is 198 g/mol. The molecule has 7 nitrogen and oxygen atoms in total. The summed E-state index contributed by atoms with van der Waals surface area (Å²) >= 11 is 0. The molecule has 1 atom stereocenters. The fraction of sp³-hybridized carbons (Fsp3) is 0.750. The summed E-state index contributed by atoms with van der Waals surface area (Å²) in [7, 11) is -4.20. The quantitative estimate of drug-likeness (QED) is 0.311. The minimum atomic E-state index is -4.20. The van der Waals surface area contributed by atoms with Crippen LogP contribution < -0.4 is 11.1 Å². The molecule has 0 aromatic rings. The third kappa shape index (κ3) is 5.22. The molecule has 0 saturated carbocycles. The van der Waals surface area contributed by atoms with Gasteiger partial charge in [-0.2, -0.15) is 0 Å². The van der Waals surface area contributed by atoms with Crippen molar-refractivity contribution < 1.29 is 24.3 Å². The monoisotopic (exact) mass is 198 g/mol. The predicted molar refractivity (Wildman–Crippen MR) is 40.1 cm³/mol. The summed E-state index contributed by atoms with van der Waals surface area (Å²) in [5, 5.41) is 10.6. The van der Waals surface area contributed by atoms with Crippen LogP contribution >= 0.6 is 7.60 Å². The van der Waals surface area contributed by atoms with Gasteiger partial charge in [-0.15, -0.1) is 0 Å². The van der Waals surface area contributed by atoms with Crippen LogP contribution in [0.25, 0.3) is 0 Å². The highest BCUT2D eigenvalue weighted by Crippen LogP contribution is 2.32. The molecule has 6 N–H and O–H groups in total. The van der Waals surface area contributed by atoms with E-state index in [1.54, 1.807) is 0 Å². The molecule has 0 fully saturated rings. The fourth-order valence-electron chi connectivity index (χ4n) is 0.484. The van der Waals surface area contributed by atoms with E-state index in [2.05, 4.69) is 5.32 Å². The van der Waals surface area contributed by atoms with Gasteiger partial charge in [0, 0.05) is 0 Å². The lowest BCUT2D eigenvalue weighted by atomic mass is 10.3. The molecule has 0 aliphatic carbocycles. The molecule has 72 valence electrons. The van der Waals surface area contributed by atoms with Crippen molar-refractivity contribution in [2.75, 3.05) is 12.9 Å². The Morgan fingerprint density at radius 1 is 1.58 bits per heavy atom. The van der Waals surface area contributed by atoms with Crippen LogP contribution in [0.15, 0.2) is 0 Å². The number of nitrogens with two attached hydrogens (primary N) is 1. The number of carbonyl (C=O) groups is 1. The first-order valence-corrected chi connectivity index (χ1v) is 4.84. The average Bonchev–Trinajstić information content (AvgIpc) is 1.85. The summed E-state index contributed by atoms with van der Waals surface area (Å²) in [4.78, 5) is 27.1. The summed E-state index contributed by atoms with van der Waals surface area (Å²) < 4.78 is 10.3. The second-order valence-electron chi connectivity index (χ2n) is 2.16. The largest absolute Gasteiger partial charge is 0.394 e. The molecule has 0 aliphatic rings. The van der Waals surface area contributed by atoms with E-state index in [1.165, 1.54) is 0 Å². The van der Waals surface area contributed by atoms with Crippen molar-refractivity contribution in [3.05, 3.63) is 0 Å². The number of rotatable bonds is 5. The molecule has 1 unspecified atom stereocenters. The second-order valence-corrected chi connectivity index (χ2v) is 3.81. The SMILES string of the molecule is NC(=O)C(CO)NCP(=O)(O)O. The third-order valence-corrected chi connectivity index (χ3v) is 1.66. The molecule has 0 aliphatic heterocycles. The van der Waals surface area contributed by atoms with E-state index in [0.29, 0.717) is 0 Å². The maximum absolute atomic E-state index is 10.4. The number of nitrogens with one attached hydrogen (secondary N) is 1. The predicted octanol–water partition coefficient (Wildman–Crippen LogP) is -2.44. The van der Waals surface area contributed by atoms with E-state index in [1.807, 2.05) is 0 Å². The molecule has 0 aromatic heterocycles. The van der Waals surface area contributed by atoms with E-state index < -0.39 is 32.4 Å². The zero-order valence-corrected chi connectivity index (χ0v) is 7.07. The molecule has 0 spiro atoms. The van der Waals surface area contributed by atoms with Crippen LogP contribution in [0.3, 0.4) is 0 Å². The van der Waals surface area contributed by atoms with E-state index in [0.717, 1.165) is 0 Å². The lowest BCUT2D eigenvalue weighted by molar-refractivity contribution is -0.120. The minimum absolute atomic E-state index is 0.588. The molecule has 8 heteroatoms. The van der Waals surface area contributed by atoms with Crippen LogP contribution in [0.1, 0.15) is 0 Å². The van der Waals surface area contributed by atoms with Gasteiger partial charge in [-0.1, -0.05) is 0 Å². The van der Waals surface area contributed by atoms with Crippen LogP contribution in [0, 0.1) is 0 Å². The van der Waals surface area contributed by atoms with Crippen molar-refractivity contribution in [2.24, 2.45) is 5.73 Å². The lowest BCUT2D eigenvalue weighted by Crippen LogP contribution is -2.44. The number of hydrogen-bond donors (Lipinski definition) is 5. The Kier molecular flexibility index (Phi) is 4.36. The Morgan fingerprint density at radius 2 is 2.08 bits per heavy atom. The van der Waals surface area contributed by atoms with Crippen LogP contribution in [0.4, 0.5) is 0 Å². The van der Waals surface area contributed by atoms with Crippen molar-refractivity contribution in [3.63, 3.8) is 0 Å². The highest BCUT2D eigenvalue weighted by Gasteiger charge is 2.19. The molecule has 0 saturated heterocycles. The number of carbonyl (C=O) groups excluding carboxylic acids is 1. The molecule has 1 amide bonds. The highest BCUT2D eigenvalue weighted by atomic mass is 31.2. The summed E-state index contributed by atoms with van der Waals surface area (Å²) in [6, 6.07) is -1.11. The topological polar surface area (TPSA) is 133 Å². The molecule has 0 heterocycles. The Morgan fingerprint density at radius 3 is 2.33 bits per heavy atom. The van der Waals surface area contributed by atoms with E-state index >= 15 is 0 Å². The van der Waals surface area contributed by atoms with Gasteiger partial charge in [0.2, 0.25) is 5.91 Å². The Hall–Kier alpha value is -0.460. The summed E-state index contributed by atoms with van der Waals surface area (Å²) in [6.45, 7) is -0.588. The zero-order chi connectivity index (χ0) is 9.78. The van der Waals surface area contributed by atoms with Crippen LogP contribution in [0.2, 0.25) is 0 Å². The van der Waals surface area contributed by atoms with E-state index in [-0.39, 0.29) is 0 Å². The minimum Gasteiger partial charge on any atom is -0.394 e. The first-order valence-electron chi connectivity index (χ1n) is 3.05. The molecule has 0 radical (unpaired) electrons. The maximum Gasteiger partial charge on any atom is 0.339 e. The van der Waals surface area contributed by atoms with Crippen molar-refractivity contribution >= 4 is 13.5 Å². The smallest absolute Gasteiger partial charge is 0.339 e. The van der Waals surface area contributed by atoms with Gasteiger partial charge in [-0.05, 0) is 0 Å². The van der Waals surface area contributed by atoms with Crippen LogP contribution in [-0.4, -0.2) is 39.7 Å². The van der Waals surface area contributed by atoms with Gasteiger partial charge in [-0.25, -0.2) is 0 Å². The van der Waals surface area contributed by atoms with Gasteiger partial charge < -0.3 is 20.6 Å². The van der Waals surface area contributed by atoms with Crippen LogP contribution in [0.5, 0.6) is 0 Å². The molecule has 0 rings (SSSR count). The second kappa shape index (κ2) is 4.54. The number of aliphatic hydroxyl groups excluding tert-OH is 1. The molecular formula is C4H11N2O5P. The third-order valence-electron chi connectivity index (χ3n) is 1.07. The van der Waals surface area contributed by atoms with Gasteiger partial charge in [0.1, 0.15) is 6.04 Å². The first-order chi connectivity index (χ1) is 5.37. The normalized spacial score (nSPS) is 14.2. The number of primary amides is 1. The standard InChI is InChI=1S/C4H11N2O5P/c5-4(8)3(1-7)6-2-12(9,10)11/h3,6-7H,1-2H2,(H2,5,8)(H2,9,10,11). The van der Waals surface area contributed by atoms with Gasteiger partial charge in [0.25, 0.3) is 0 Å². The molecule has 0 bridgehead atoms. The van der Waals surface area contributed by atoms with Crippen molar-refractivity contribution in [3.8, 4) is 0 Å². The first kappa shape index (κ1) is 11.5. The fourth-order valence-corrected chi connectivity index (χ4v) is 0.942. The molecule has 0 aromatic carbocycles. The number of hydrogen-bond acceptors (Lipinski definition) is 4. The number of aliphatic hydroxyl groups is 1.